The van der Waals surface area contributed by atoms with Crippen LogP contribution in [0.15, 0.2) is 22.7 Å². The van der Waals surface area contributed by atoms with Crippen LogP contribution in [0.1, 0.15) is 24.8 Å². The van der Waals surface area contributed by atoms with Crippen LogP contribution >= 0.6 is 15.9 Å². The van der Waals surface area contributed by atoms with E-state index >= 15 is 0 Å². The molecule has 0 saturated carbocycles. The lowest BCUT2D eigenvalue weighted by atomic mass is 9.82. The van der Waals surface area contributed by atoms with Crippen molar-refractivity contribution in [1.82, 2.24) is 5.32 Å². The Bertz CT molecular complexity index is 353. The average molecular weight is 272 g/mol. The van der Waals surface area contributed by atoms with Gasteiger partial charge in [0.15, 0.2) is 0 Å². The molecular formula is C12H15BrFN. The molecule has 0 radical (unpaired) electrons. The third-order valence-corrected chi connectivity index (χ3v) is 3.78. The van der Waals surface area contributed by atoms with E-state index < -0.39 is 0 Å². The maximum Gasteiger partial charge on any atom is 0.140 e. The SMILES string of the molecule is CC1CNCCC1c1cccc(Br)c1F. The second kappa shape index (κ2) is 4.62. The van der Waals surface area contributed by atoms with Gasteiger partial charge in [-0.25, -0.2) is 4.39 Å². The molecule has 0 aromatic heterocycles. The van der Waals surface area contributed by atoms with E-state index in [1.54, 1.807) is 6.07 Å². The summed E-state index contributed by atoms with van der Waals surface area (Å²) in [5.41, 5.74) is 0.860. The van der Waals surface area contributed by atoms with Crippen molar-refractivity contribution in [3.63, 3.8) is 0 Å². The molecule has 0 spiro atoms. The van der Waals surface area contributed by atoms with Gasteiger partial charge in [-0.05, 0) is 58.9 Å². The van der Waals surface area contributed by atoms with Crippen LogP contribution in [0.3, 0.4) is 0 Å². The molecule has 3 heteroatoms. The highest BCUT2D eigenvalue weighted by Crippen LogP contribution is 2.33. The van der Waals surface area contributed by atoms with Gasteiger partial charge < -0.3 is 5.32 Å². The van der Waals surface area contributed by atoms with Crippen molar-refractivity contribution in [1.29, 1.82) is 0 Å². The lowest BCUT2D eigenvalue weighted by Crippen LogP contribution is -2.34. The van der Waals surface area contributed by atoms with Crippen LogP contribution in [0.25, 0.3) is 0 Å². The Morgan fingerprint density at radius 2 is 2.27 bits per heavy atom. The molecule has 82 valence electrons. The van der Waals surface area contributed by atoms with E-state index in [9.17, 15) is 4.39 Å². The van der Waals surface area contributed by atoms with E-state index in [1.807, 2.05) is 12.1 Å². The molecule has 1 aliphatic rings. The number of halogens is 2. The fraction of sp³-hybridized carbons (Fsp3) is 0.500. The van der Waals surface area contributed by atoms with Gasteiger partial charge in [-0.1, -0.05) is 19.1 Å². The Hall–Kier alpha value is -0.410. The molecule has 1 heterocycles. The van der Waals surface area contributed by atoms with E-state index in [2.05, 4.69) is 28.2 Å². The van der Waals surface area contributed by atoms with Gasteiger partial charge in [0, 0.05) is 0 Å². The summed E-state index contributed by atoms with van der Waals surface area (Å²) in [5, 5.41) is 3.33. The van der Waals surface area contributed by atoms with Crippen LogP contribution in [0.5, 0.6) is 0 Å². The number of hydrogen-bond donors (Lipinski definition) is 1. The van der Waals surface area contributed by atoms with Crippen LogP contribution in [0, 0.1) is 11.7 Å². The van der Waals surface area contributed by atoms with E-state index in [1.165, 1.54) is 0 Å². The third kappa shape index (κ3) is 2.23. The number of benzene rings is 1. The van der Waals surface area contributed by atoms with Crippen molar-refractivity contribution in [3.05, 3.63) is 34.1 Å². The Morgan fingerprint density at radius 3 is 3.00 bits per heavy atom. The molecule has 0 amide bonds. The molecule has 1 saturated heterocycles. The summed E-state index contributed by atoms with van der Waals surface area (Å²) in [6.45, 7) is 4.15. The smallest absolute Gasteiger partial charge is 0.140 e. The quantitative estimate of drug-likeness (QED) is 0.827. The van der Waals surface area contributed by atoms with Crippen LogP contribution in [0.4, 0.5) is 4.39 Å². The van der Waals surface area contributed by atoms with Crippen molar-refractivity contribution in [2.24, 2.45) is 5.92 Å². The minimum Gasteiger partial charge on any atom is -0.316 e. The van der Waals surface area contributed by atoms with E-state index in [4.69, 9.17) is 0 Å². The van der Waals surface area contributed by atoms with Gasteiger partial charge in [0.2, 0.25) is 0 Å². The van der Waals surface area contributed by atoms with Crippen molar-refractivity contribution in [2.45, 2.75) is 19.3 Å². The lowest BCUT2D eigenvalue weighted by molar-refractivity contribution is 0.341. The molecule has 1 aromatic rings. The zero-order valence-electron chi connectivity index (χ0n) is 8.76. The van der Waals surface area contributed by atoms with Crippen LogP contribution < -0.4 is 5.32 Å². The Kier molecular flexibility index (Phi) is 3.42. The standard InChI is InChI=1S/C12H15BrFN/c1-8-7-15-6-5-9(8)10-3-2-4-11(13)12(10)14/h2-4,8-9,15H,5-7H2,1H3. The molecule has 1 aromatic carbocycles. The predicted octanol–water partition coefficient (Wildman–Crippen LogP) is 3.30. The Morgan fingerprint density at radius 1 is 1.47 bits per heavy atom. The molecule has 0 bridgehead atoms. The molecule has 1 nitrogen and oxygen atoms in total. The number of piperidine rings is 1. The summed E-state index contributed by atoms with van der Waals surface area (Å²) in [5.74, 6) is 0.766. The molecule has 0 aliphatic carbocycles. The van der Waals surface area contributed by atoms with Gasteiger partial charge in [0.25, 0.3) is 0 Å². The van der Waals surface area contributed by atoms with Crippen LogP contribution in [0.2, 0.25) is 0 Å². The van der Waals surface area contributed by atoms with Crippen LogP contribution in [-0.4, -0.2) is 13.1 Å². The second-order valence-electron chi connectivity index (χ2n) is 4.22. The minimum absolute atomic E-state index is 0.0868. The van der Waals surface area contributed by atoms with Crippen molar-refractivity contribution >= 4 is 15.9 Å². The summed E-state index contributed by atoms with van der Waals surface area (Å²) in [7, 11) is 0. The van der Waals surface area contributed by atoms with E-state index in [0.717, 1.165) is 25.1 Å². The fourth-order valence-electron chi connectivity index (χ4n) is 2.28. The zero-order chi connectivity index (χ0) is 10.8. The first kappa shape index (κ1) is 11.1. The zero-order valence-corrected chi connectivity index (χ0v) is 10.3. The van der Waals surface area contributed by atoms with Crippen molar-refractivity contribution in [3.8, 4) is 0 Å². The fourth-order valence-corrected chi connectivity index (χ4v) is 2.66. The first-order chi connectivity index (χ1) is 7.20. The first-order valence-electron chi connectivity index (χ1n) is 5.34. The lowest BCUT2D eigenvalue weighted by Gasteiger charge is -2.30. The summed E-state index contributed by atoms with van der Waals surface area (Å²) in [6.07, 6.45) is 1.02. The third-order valence-electron chi connectivity index (χ3n) is 3.17. The summed E-state index contributed by atoms with van der Waals surface area (Å²) >= 11 is 3.24. The van der Waals surface area contributed by atoms with Crippen molar-refractivity contribution in [2.75, 3.05) is 13.1 Å². The topological polar surface area (TPSA) is 12.0 Å². The normalized spacial score (nSPS) is 26.6. The molecule has 15 heavy (non-hydrogen) atoms. The van der Waals surface area contributed by atoms with Gasteiger partial charge in [-0.2, -0.15) is 0 Å². The Balaban J connectivity index is 2.31. The molecule has 1 aliphatic heterocycles. The molecule has 2 unspecified atom stereocenters. The number of rotatable bonds is 1. The highest BCUT2D eigenvalue weighted by Gasteiger charge is 2.25. The van der Waals surface area contributed by atoms with Gasteiger partial charge in [-0.3, -0.25) is 0 Å². The molecule has 1 fully saturated rings. The second-order valence-corrected chi connectivity index (χ2v) is 5.07. The predicted molar refractivity (Wildman–Crippen MR) is 63.5 cm³/mol. The van der Waals surface area contributed by atoms with Gasteiger partial charge in [0.05, 0.1) is 4.47 Å². The summed E-state index contributed by atoms with van der Waals surface area (Å²) in [4.78, 5) is 0. The average Bonchev–Trinajstić information content (AvgIpc) is 2.23. The molecule has 2 atom stereocenters. The molecule has 2 rings (SSSR count). The Labute approximate surface area is 98.2 Å². The first-order valence-corrected chi connectivity index (χ1v) is 6.14. The van der Waals surface area contributed by atoms with Gasteiger partial charge >= 0.3 is 0 Å². The van der Waals surface area contributed by atoms with Crippen LogP contribution in [-0.2, 0) is 0 Å². The number of nitrogens with one attached hydrogen (secondary N) is 1. The molecule has 1 N–H and O–H groups in total. The highest BCUT2D eigenvalue weighted by molar-refractivity contribution is 9.10. The minimum atomic E-state index is -0.0868. The summed E-state index contributed by atoms with van der Waals surface area (Å²) < 4.78 is 14.5. The largest absolute Gasteiger partial charge is 0.316 e. The number of hydrogen-bond acceptors (Lipinski definition) is 1. The maximum atomic E-state index is 13.9. The van der Waals surface area contributed by atoms with Crippen molar-refractivity contribution < 1.29 is 4.39 Å². The molecular weight excluding hydrogens is 257 g/mol. The van der Waals surface area contributed by atoms with Gasteiger partial charge in [0.1, 0.15) is 5.82 Å². The van der Waals surface area contributed by atoms with Gasteiger partial charge in [-0.15, -0.1) is 0 Å². The van der Waals surface area contributed by atoms with E-state index in [0.29, 0.717) is 16.3 Å². The van der Waals surface area contributed by atoms with E-state index in [-0.39, 0.29) is 5.82 Å². The summed E-state index contributed by atoms with van der Waals surface area (Å²) in [6, 6.07) is 5.58. The highest BCUT2D eigenvalue weighted by atomic mass is 79.9. The maximum absolute atomic E-state index is 13.9. The monoisotopic (exact) mass is 271 g/mol.